The molecule has 0 aliphatic rings. The van der Waals surface area contributed by atoms with Gasteiger partial charge in [-0.3, -0.25) is 0 Å². The number of hydrogen-bond donors (Lipinski definition) is 0. The van der Waals surface area contributed by atoms with E-state index in [4.69, 9.17) is 5.26 Å². The monoisotopic (exact) mass is 189 g/mol. The molecule has 0 aromatic heterocycles. The van der Waals surface area contributed by atoms with Gasteiger partial charge >= 0.3 is 0 Å². The fourth-order valence-electron chi connectivity index (χ4n) is 0.980. The van der Waals surface area contributed by atoms with Crippen LogP contribution in [-0.4, -0.2) is 18.9 Å². The van der Waals surface area contributed by atoms with Gasteiger partial charge in [0.2, 0.25) is 0 Å². The first kappa shape index (κ1) is 11.4. The molecule has 1 unspecified atom stereocenters. The van der Waals surface area contributed by atoms with Crippen LogP contribution in [0.3, 0.4) is 0 Å². The maximum Gasteiger partial charge on any atom is 0.156 e. The van der Waals surface area contributed by atoms with E-state index >= 15 is 0 Å². The summed E-state index contributed by atoms with van der Waals surface area (Å²) in [6.45, 7) is 5.09. The Balaban J connectivity index is 4.64. The van der Waals surface area contributed by atoms with Crippen LogP contribution in [0.4, 0.5) is 0 Å². The van der Waals surface area contributed by atoms with Crippen molar-refractivity contribution in [2.24, 2.45) is 0 Å². The number of nitrogens with zero attached hydrogens (tertiary/aromatic N) is 1. The summed E-state index contributed by atoms with van der Waals surface area (Å²) in [4.78, 5) is 0. The summed E-state index contributed by atoms with van der Waals surface area (Å²) in [5, 5.41) is 7.54. The average molecular weight is 189 g/mol. The highest BCUT2D eigenvalue weighted by molar-refractivity contribution is 7.92. The third-order valence-corrected chi connectivity index (χ3v) is 4.64. The third kappa shape index (κ3) is 2.49. The van der Waals surface area contributed by atoms with Crippen molar-refractivity contribution >= 4 is 9.84 Å². The van der Waals surface area contributed by atoms with E-state index in [-0.39, 0.29) is 11.7 Å². The van der Waals surface area contributed by atoms with Gasteiger partial charge in [-0.25, -0.2) is 8.42 Å². The summed E-state index contributed by atoms with van der Waals surface area (Å²) in [5.74, 6) is 0. The van der Waals surface area contributed by atoms with Gasteiger partial charge in [-0.1, -0.05) is 6.92 Å². The van der Waals surface area contributed by atoms with Crippen LogP contribution in [0.5, 0.6) is 0 Å². The largest absolute Gasteiger partial charge is 0.228 e. The highest BCUT2D eigenvalue weighted by Crippen LogP contribution is 2.15. The minimum absolute atomic E-state index is 0.108. The maximum absolute atomic E-state index is 11.5. The van der Waals surface area contributed by atoms with Crippen molar-refractivity contribution in [2.45, 2.75) is 44.1 Å². The summed E-state index contributed by atoms with van der Waals surface area (Å²) >= 11 is 0. The van der Waals surface area contributed by atoms with Gasteiger partial charge in [-0.15, -0.1) is 0 Å². The van der Waals surface area contributed by atoms with Gasteiger partial charge in [-0.2, -0.15) is 5.26 Å². The van der Waals surface area contributed by atoms with Gasteiger partial charge < -0.3 is 0 Å². The topological polar surface area (TPSA) is 57.9 Å². The standard InChI is InChI=1S/C8H15NO2S/c1-4-8(5-6-9)12(10,11)7(2)3/h7-8H,4-5H2,1-3H3. The minimum Gasteiger partial charge on any atom is -0.228 e. The van der Waals surface area contributed by atoms with Gasteiger partial charge in [0.25, 0.3) is 0 Å². The second kappa shape index (κ2) is 4.46. The van der Waals surface area contributed by atoms with E-state index in [2.05, 4.69) is 0 Å². The summed E-state index contributed by atoms with van der Waals surface area (Å²) in [5.41, 5.74) is 0. The predicted molar refractivity (Wildman–Crippen MR) is 48.4 cm³/mol. The van der Waals surface area contributed by atoms with Crippen molar-refractivity contribution in [2.75, 3.05) is 0 Å². The molecule has 0 radical (unpaired) electrons. The van der Waals surface area contributed by atoms with Crippen molar-refractivity contribution in [1.29, 1.82) is 5.26 Å². The highest BCUT2D eigenvalue weighted by Gasteiger charge is 2.26. The van der Waals surface area contributed by atoms with Crippen LogP contribution in [0.25, 0.3) is 0 Å². The minimum atomic E-state index is -3.07. The Bertz CT molecular complexity index is 261. The number of sulfone groups is 1. The Labute approximate surface area is 74.3 Å². The molecule has 0 N–H and O–H groups in total. The molecule has 0 saturated carbocycles. The molecule has 70 valence electrons. The van der Waals surface area contributed by atoms with E-state index in [9.17, 15) is 8.42 Å². The second-order valence-corrected chi connectivity index (χ2v) is 5.82. The zero-order valence-corrected chi connectivity index (χ0v) is 8.56. The molecule has 0 aromatic rings. The molecule has 3 nitrogen and oxygen atoms in total. The molecule has 0 rings (SSSR count). The van der Waals surface area contributed by atoms with Crippen LogP contribution in [0.15, 0.2) is 0 Å². The molecule has 1 atom stereocenters. The van der Waals surface area contributed by atoms with Gasteiger partial charge in [0, 0.05) is 0 Å². The molecular weight excluding hydrogens is 174 g/mol. The lowest BCUT2D eigenvalue weighted by atomic mass is 10.3. The number of rotatable bonds is 4. The van der Waals surface area contributed by atoms with Gasteiger partial charge in [0.1, 0.15) is 0 Å². The normalized spacial score (nSPS) is 14.2. The third-order valence-electron chi connectivity index (χ3n) is 1.90. The van der Waals surface area contributed by atoms with Crippen LogP contribution < -0.4 is 0 Å². The van der Waals surface area contributed by atoms with Gasteiger partial charge in [0.15, 0.2) is 9.84 Å². The van der Waals surface area contributed by atoms with Crippen LogP contribution >= 0.6 is 0 Å². The van der Waals surface area contributed by atoms with E-state index in [0.29, 0.717) is 6.42 Å². The molecule has 4 heteroatoms. The zero-order valence-electron chi connectivity index (χ0n) is 7.74. The molecule has 0 bridgehead atoms. The summed E-state index contributed by atoms with van der Waals surface area (Å²) in [7, 11) is -3.07. The Morgan fingerprint density at radius 2 is 1.92 bits per heavy atom. The van der Waals surface area contributed by atoms with Gasteiger partial charge in [0.05, 0.1) is 23.0 Å². The summed E-state index contributed by atoms with van der Waals surface area (Å²) in [6, 6.07) is 1.90. The lowest BCUT2D eigenvalue weighted by molar-refractivity contribution is 0.567. The Kier molecular flexibility index (Phi) is 4.25. The molecule has 0 saturated heterocycles. The quantitative estimate of drug-likeness (QED) is 0.673. The molecular formula is C8H15NO2S. The molecule has 0 aliphatic heterocycles. The second-order valence-electron chi connectivity index (χ2n) is 3.03. The van der Waals surface area contributed by atoms with Crippen molar-refractivity contribution in [3.8, 4) is 6.07 Å². The van der Waals surface area contributed by atoms with E-state index in [1.807, 2.05) is 6.07 Å². The van der Waals surface area contributed by atoms with Crippen molar-refractivity contribution in [1.82, 2.24) is 0 Å². The zero-order chi connectivity index (χ0) is 9.78. The molecule has 12 heavy (non-hydrogen) atoms. The predicted octanol–water partition coefficient (Wildman–Crippen LogP) is 1.50. The van der Waals surface area contributed by atoms with E-state index in [1.54, 1.807) is 20.8 Å². The van der Waals surface area contributed by atoms with Crippen molar-refractivity contribution in [3.05, 3.63) is 0 Å². The Morgan fingerprint density at radius 3 is 2.17 bits per heavy atom. The first-order valence-electron chi connectivity index (χ1n) is 4.06. The smallest absolute Gasteiger partial charge is 0.156 e. The average Bonchev–Trinajstić information content (AvgIpc) is 1.99. The van der Waals surface area contributed by atoms with Crippen LogP contribution in [0, 0.1) is 11.3 Å². The lowest BCUT2D eigenvalue weighted by Crippen LogP contribution is -2.27. The molecule has 0 fully saturated rings. The van der Waals surface area contributed by atoms with E-state index in [1.165, 1.54) is 0 Å². The van der Waals surface area contributed by atoms with Crippen LogP contribution in [0.1, 0.15) is 33.6 Å². The highest BCUT2D eigenvalue weighted by atomic mass is 32.2. The molecule has 0 amide bonds. The Morgan fingerprint density at radius 1 is 1.42 bits per heavy atom. The van der Waals surface area contributed by atoms with Crippen molar-refractivity contribution < 1.29 is 8.42 Å². The van der Waals surface area contributed by atoms with Crippen LogP contribution in [-0.2, 0) is 9.84 Å². The van der Waals surface area contributed by atoms with Crippen LogP contribution in [0.2, 0.25) is 0 Å². The van der Waals surface area contributed by atoms with Gasteiger partial charge in [-0.05, 0) is 20.3 Å². The Hall–Kier alpha value is -0.560. The van der Waals surface area contributed by atoms with E-state index < -0.39 is 15.1 Å². The first-order chi connectivity index (χ1) is 5.46. The SMILES string of the molecule is CCC(CC#N)S(=O)(=O)C(C)C. The fourth-order valence-corrected chi connectivity index (χ4v) is 2.52. The summed E-state index contributed by atoms with van der Waals surface area (Å²) < 4.78 is 23.0. The molecule has 0 aromatic carbocycles. The molecule has 0 aliphatic carbocycles. The molecule has 0 heterocycles. The maximum atomic E-state index is 11.5. The van der Waals surface area contributed by atoms with E-state index in [0.717, 1.165) is 0 Å². The number of nitriles is 1. The number of hydrogen-bond acceptors (Lipinski definition) is 3. The van der Waals surface area contributed by atoms with Crippen molar-refractivity contribution in [3.63, 3.8) is 0 Å². The summed E-state index contributed by atoms with van der Waals surface area (Å²) in [6.07, 6.45) is 0.630. The molecule has 0 spiro atoms. The lowest BCUT2D eigenvalue weighted by Gasteiger charge is -2.14. The fraction of sp³-hybridized carbons (Fsp3) is 0.875. The first-order valence-corrected chi connectivity index (χ1v) is 5.67.